The molecule has 2 unspecified atom stereocenters. The summed E-state index contributed by atoms with van der Waals surface area (Å²) in [6.07, 6.45) is 0.246. The van der Waals surface area contributed by atoms with Crippen LogP contribution in [0.2, 0.25) is 0 Å². The van der Waals surface area contributed by atoms with Crippen molar-refractivity contribution in [3.8, 4) is 0 Å². The number of allylic oxidation sites excluding steroid dienone is 5. The Hall–Kier alpha value is -6.80. The Labute approximate surface area is 389 Å². The third-order valence-electron chi connectivity index (χ3n) is 12.7. The largest absolute Gasteiger partial charge is 0.481 e. The summed E-state index contributed by atoms with van der Waals surface area (Å²) in [7, 11) is -5.04. The van der Waals surface area contributed by atoms with E-state index in [1.54, 1.807) is 11.2 Å². The van der Waals surface area contributed by atoms with Crippen LogP contribution < -0.4 is 15.7 Å². The molecule has 1 aliphatic carbocycles. The van der Waals surface area contributed by atoms with Crippen molar-refractivity contribution in [3.63, 3.8) is 0 Å². The quantitative estimate of drug-likeness (QED) is 0.0759. The number of carboxylic acid groups (broad SMARTS) is 4. The predicted octanol–water partition coefficient (Wildman–Crippen LogP) is 4.69. The maximum absolute atomic E-state index is 13.8. The van der Waals surface area contributed by atoms with Crippen LogP contribution in [0.3, 0.4) is 0 Å². The van der Waals surface area contributed by atoms with Gasteiger partial charge in [0.05, 0.1) is 29.4 Å². The molecule has 2 aromatic rings. The molecule has 68 heavy (non-hydrogen) atoms. The lowest BCUT2D eigenvalue weighted by molar-refractivity contribution is -0.144. The van der Waals surface area contributed by atoms with E-state index in [1.807, 2.05) is 44.3 Å². The van der Waals surface area contributed by atoms with E-state index < -0.39 is 93.9 Å². The fourth-order valence-electron chi connectivity index (χ4n) is 8.89. The second-order valence-corrected chi connectivity index (χ2v) is 18.6. The van der Waals surface area contributed by atoms with Gasteiger partial charge >= 0.3 is 31.6 Å². The molecule has 21 nitrogen and oxygen atoms in total. The molecule has 0 aromatic carbocycles. The third kappa shape index (κ3) is 11.0. The highest BCUT2D eigenvalue weighted by molar-refractivity contribution is 7.50. The highest BCUT2D eigenvalue weighted by Gasteiger charge is 2.39. The Balaban J connectivity index is 1.20. The zero-order valence-electron chi connectivity index (χ0n) is 38.0. The second-order valence-electron chi connectivity index (χ2n) is 17.0. The van der Waals surface area contributed by atoms with Gasteiger partial charge in [-0.3, -0.25) is 28.5 Å². The second kappa shape index (κ2) is 20.6. The zero-order chi connectivity index (χ0) is 49.9. The van der Waals surface area contributed by atoms with Crippen LogP contribution in [0.25, 0.3) is 33.3 Å². The van der Waals surface area contributed by atoms with Crippen LogP contribution >= 0.6 is 7.75 Å². The van der Waals surface area contributed by atoms with Crippen molar-refractivity contribution >= 4 is 82.5 Å². The SMILES string of the molecule is C=CC1=C(C)c2cc3[nH]c(c4c5nc(cc6[nH]c(cc1n2)c(C)c6CC)C(C)=C5C(=O)C4)C(CCC(=O)N[C@@H](CCC(=O)N[C@@H](COP(=O)(O)N[C@@H](CCC(=O)O)C(=O)O)C(=O)O)C(=O)O)[C@@H]3C. The van der Waals surface area contributed by atoms with E-state index in [4.69, 9.17) is 15.1 Å². The highest BCUT2D eigenvalue weighted by Crippen LogP contribution is 2.46. The van der Waals surface area contributed by atoms with Gasteiger partial charge in [-0.25, -0.2) is 29.2 Å². The molecule has 0 radical (unpaired) electrons. The van der Waals surface area contributed by atoms with E-state index in [9.17, 15) is 58.3 Å². The van der Waals surface area contributed by atoms with Gasteiger partial charge in [-0.15, -0.1) is 0 Å². The fourth-order valence-corrected chi connectivity index (χ4v) is 9.95. The summed E-state index contributed by atoms with van der Waals surface area (Å²) >= 11 is 0. The lowest BCUT2D eigenvalue weighted by Gasteiger charge is -2.21. The number of amides is 2. The molecule has 6 rings (SSSR count). The van der Waals surface area contributed by atoms with Crippen molar-refractivity contribution in [1.82, 2.24) is 35.7 Å². The van der Waals surface area contributed by atoms with Gasteiger partial charge in [0.2, 0.25) is 11.8 Å². The molecule has 2 aromatic heterocycles. The molecular formula is C46H54N7O14P. The average molecular weight is 960 g/mol. The average Bonchev–Trinajstić information content (AvgIpc) is 4.02. The van der Waals surface area contributed by atoms with Gasteiger partial charge in [0.15, 0.2) is 11.8 Å². The summed E-state index contributed by atoms with van der Waals surface area (Å²) in [5.74, 6) is -8.62. The van der Waals surface area contributed by atoms with E-state index in [1.165, 1.54) is 0 Å². The summed E-state index contributed by atoms with van der Waals surface area (Å²) in [6.45, 7) is 12.9. The predicted molar refractivity (Wildman–Crippen MR) is 246 cm³/mol. The standard InChI is InChI=1S/C46H54N7O14P/c1-7-24-20(3)30-16-32-22(5)26(42(51-32)27-15-37(54)41-23(6)33(52-43(27)41)18-35-25(8-2)21(4)31(48-35)17-34(24)47-30)9-12-38(55)49-28(44(59)60)10-13-39(56)50-36(46(63)64)19-67-68(65,66)53-29(45(61)62)11-14-40(57)58/h7,16-18,22,26,28-29,36,48,51H,1,8-15,19H2,2-6H3,(H,49,55)(H,50,56)(H,57,58)(H,59,60)(H,61,62)(H,63,64)(H2,53,65,66)/t22-,26?,28-,29-,36-/m0/s1. The number of aromatic amines is 2. The number of H-pyrrole nitrogens is 2. The van der Waals surface area contributed by atoms with Crippen LogP contribution in [0, 0.1) is 6.92 Å². The number of ketones is 1. The van der Waals surface area contributed by atoms with Gasteiger partial charge in [0, 0.05) is 76.7 Å². The monoisotopic (exact) mass is 959 g/mol. The van der Waals surface area contributed by atoms with E-state index >= 15 is 0 Å². The molecule has 5 heterocycles. The number of fused-ring (bicyclic) bond motifs is 8. The molecule has 3 aliphatic heterocycles. The maximum atomic E-state index is 13.8. The number of aryl methyl sites for hydroxylation is 2. The van der Waals surface area contributed by atoms with Crippen molar-refractivity contribution in [1.29, 1.82) is 0 Å². The van der Waals surface area contributed by atoms with Gasteiger partial charge in [-0.2, -0.15) is 0 Å². The topological polar surface area (TPSA) is 340 Å². The van der Waals surface area contributed by atoms with E-state index in [2.05, 4.69) is 40.2 Å². The summed E-state index contributed by atoms with van der Waals surface area (Å²) in [5.41, 5.74) is 11.8. The zero-order valence-corrected chi connectivity index (χ0v) is 38.9. The van der Waals surface area contributed by atoms with Crippen LogP contribution in [0.15, 0.2) is 30.9 Å². The number of rotatable bonds is 21. The van der Waals surface area contributed by atoms with Crippen LogP contribution in [0.5, 0.6) is 0 Å². The number of carbonyl (C=O) groups is 7. The smallest absolute Gasteiger partial charge is 0.403 e. The van der Waals surface area contributed by atoms with E-state index in [-0.39, 0.29) is 36.9 Å². The third-order valence-corrected chi connectivity index (χ3v) is 13.8. The number of aliphatic carboxylic acids is 4. The minimum absolute atomic E-state index is 0.0805. The van der Waals surface area contributed by atoms with Crippen LogP contribution in [-0.4, -0.2) is 111 Å². The molecule has 4 aliphatic rings. The summed E-state index contributed by atoms with van der Waals surface area (Å²) in [4.78, 5) is 114. The summed E-state index contributed by atoms with van der Waals surface area (Å²) < 4.78 is 17.2. The maximum Gasteiger partial charge on any atom is 0.403 e. The lowest BCUT2D eigenvalue weighted by atomic mass is 9.85. The number of nitrogens with zero attached hydrogens (tertiary/aromatic N) is 2. The van der Waals surface area contributed by atoms with E-state index in [0.29, 0.717) is 33.9 Å². The van der Waals surface area contributed by atoms with Crippen molar-refractivity contribution in [3.05, 3.63) is 81.7 Å². The Bertz CT molecular complexity index is 2820. The van der Waals surface area contributed by atoms with Gasteiger partial charge in [-0.05, 0) is 86.9 Å². The molecule has 0 fully saturated rings. The number of aromatic nitrogens is 4. The molecule has 8 bridgehead atoms. The first kappa shape index (κ1) is 50.6. The normalized spacial score (nSPS) is 18.1. The number of Topliss-reactive ketones (excluding diaryl/α,β-unsaturated/α-hetero) is 1. The molecule has 6 atom stereocenters. The Morgan fingerprint density at radius 2 is 1.47 bits per heavy atom. The molecule has 22 heteroatoms. The molecule has 362 valence electrons. The van der Waals surface area contributed by atoms with Crippen LogP contribution in [0.4, 0.5) is 0 Å². The van der Waals surface area contributed by atoms with Crippen molar-refractivity contribution in [2.75, 3.05) is 6.61 Å². The Morgan fingerprint density at radius 1 is 0.853 bits per heavy atom. The van der Waals surface area contributed by atoms with Gasteiger partial charge < -0.3 is 45.9 Å². The van der Waals surface area contributed by atoms with Crippen molar-refractivity contribution in [2.24, 2.45) is 0 Å². The minimum Gasteiger partial charge on any atom is -0.481 e. The Morgan fingerprint density at radius 3 is 2.10 bits per heavy atom. The number of hydrogen-bond acceptors (Lipinski definition) is 11. The molecular weight excluding hydrogens is 906 g/mol. The number of nitrogens with one attached hydrogen (secondary N) is 5. The molecule has 0 saturated heterocycles. The summed E-state index contributed by atoms with van der Waals surface area (Å²) in [5, 5.41) is 43.9. The van der Waals surface area contributed by atoms with Crippen LogP contribution in [-0.2, 0) is 55.5 Å². The molecule has 10 N–H and O–H groups in total. The summed E-state index contributed by atoms with van der Waals surface area (Å²) in [6, 6.07) is 0.528. The van der Waals surface area contributed by atoms with Crippen molar-refractivity contribution < 1.29 is 68.0 Å². The van der Waals surface area contributed by atoms with Gasteiger partial charge in [0.25, 0.3) is 0 Å². The fraction of sp³-hybridized carbons (Fsp3) is 0.413. The molecule has 2 amide bonds. The van der Waals surface area contributed by atoms with Crippen molar-refractivity contribution in [2.45, 2.75) is 116 Å². The van der Waals surface area contributed by atoms with E-state index in [0.717, 1.165) is 56.7 Å². The van der Waals surface area contributed by atoms with Gasteiger partial charge in [0.1, 0.15) is 12.1 Å². The highest BCUT2D eigenvalue weighted by atomic mass is 31.2. The lowest BCUT2D eigenvalue weighted by Crippen LogP contribution is -2.46. The van der Waals surface area contributed by atoms with Crippen LogP contribution in [0.1, 0.15) is 129 Å². The molecule has 0 spiro atoms. The Kier molecular flexibility index (Phi) is 15.3. The number of carboxylic acids is 4. The molecule has 0 saturated carbocycles. The first-order valence-corrected chi connectivity index (χ1v) is 23.5. The first-order chi connectivity index (χ1) is 32.0. The number of hydrogen-bond donors (Lipinski definition) is 10. The van der Waals surface area contributed by atoms with Gasteiger partial charge in [-0.1, -0.05) is 26.5 Å². The number of carbonyl (C=O) groups excluding carboxylic acids is 3. The first-order valence-electron chi connectivity index (χ1n) is 21.9. The minimum atomic E-state index is -5.04.